The monoisotopic (exact) mass is 312 g/mol. The number of aliphatic hydroxyl groups excluding tert-OH is 1. The number of β-amino-alcohol motifs (C(OH)–C–C–N with tert-alkyl or cyclic N) is 1. The van der Waals surface area contributed by atoms with E-state index < -0.39 is 6.10 Å². The smallest absolute Gasteiger partial charge is 0.254 e. The molecule has 1 saturated carbocycles. The molecule has 2 aliphatic rings. The van der Waals surface area contributed by atoms with Crippen molar-refractivity contribution in [2.24, 2.45) is 0 Å². The largest absolute Gasteiger partial charge is 0.389 e. The Labute approximate surface area is 134 Å². The Hall–Kier alpha value is -1.98. The van der Waals surface area contributed by atoms with Gasteiger partial charge in [0.2, 0.25) is 0 Å². The first kappa shape index (κ1) is 14.6. The maximum absolute atomic E-state index is 13.0. The summed E-state index contributed by atoms with van der Waals surface area (Å²) < 4.78 is 5.33. The van der Waals surface area contributed by atoms with Gasteiger partial charge in [0, 0.05) is 30.1 Å². The average Bonchev–Trinajstić information content (AvgIpc) is 3.41. The molecule has 5 heteroatoms. The van der Waals surface area contributed by atoms with Crippen molar-refractivity contribution in [2.75, 3.05) is 26.3 Å². The van der Waals surface area contributed by atoms with E-state index in [0.29, 0.717) is 31.2 Å². The Kier molecular flexibility index (Phi) is 3.75. The maximum atomic E-state index is 13.0. The second-order valence-electron chi connectivity index (χ2n) is 6.37. The van der Waals surface area contributed by atoms with Crippen LogP contribution in [-0.4, -0.2) is 53.3 Å². The van der Waals surface area contributed by atoms with Crippen molar-refractivity contribution in [3.8, 4) is 0 Å². The predicted octanol–water partition coefficient (Wildman–Crippen LogP) is 1.95. The normalized spacial score (nSPS) is 22.1. The van der Waals surface area contributed by atoms with E-state index in [-0.39, 0.29) is 12.5 Å². The molecule has 0 spiro atoms. The van der Waals surface area contributed by atoms with Gasteiger partial charge in [-0.1, -0.05) is 18.2 Å². The molecule has 2 heterocycles. The average molecular weight is 312 g/mol. The number of pyridine rings is 1. The van der Waals surface area contributed by atoms with Crippen LogP contribution < -0.4 is 0 Å². The molecular weight excluding hydrogens is 292 g/mol. The molecule has 1 unspecified atom stereocenters. The van der Waals surface area contributed by atoms with Crippen LogP contribution in [0.4, 0.5) is 0 Å². The molecule has 1 saturated heterocycles. The molecule has 4 rings (SSSR count). The minimum Gasteiger partial charge on any atom is -0.389 e. The summed E-state index contributed by atoms with van der Waals surface area (Å²) in [7, 11) is 0. The van der Waals surface area contributed by atoms with Crippen molar-refractivity contribution in [3.63, 3.8) is 0 Å². The minimum absolute atomic E-state index is 0.0462. The Morgan fingerprint density at radius 3 is 2.96 bits per heavy atom. The van der Waals surface area contributed by atoms with Crippen molar-refractivity contribution in [1.82, 2.24) is 9.88 Å². The third-order valence-electron chi connectivity index (χ3n) is 4.50. The Balaban J connectivity index is 1.75. The summed E-state index contributed by atoms with van der Waals surface area (Å²) in [5, 5.41) is 10.8. The van der Waals surface area contributed by atoms with E-state index in [1.807, 2.05) is 30.3 Å². The molecule has 5 nitrogen and oxygen atoms in total. The second-order valence-corrected chi connectivity index (χ2v) is 6.37. The molecule has 2 aromatic rings. The van der Waals surface area contributed by atoms with Crippen LogP contribution >= 0.6 is 0 Å². The lowest BCUT2D eigenvalue weighted by molar-refractivity contribution is 0.0534. The first-order valence-corrected chi connectivity index (χ1v) is 8.17. The Morgan fingerprint density at radius 2 is 2.13 bits per heavy atom. The zero-order valence-corrected chi connectivity index (χ0v) is 12.9. The Bertz CT molecular complexity index is 742. The summed E-state index contributed by atoms with van der Waals surface area (Å²) >= 11 is 0. The van der Waals surface area contributed by atoms with Crippen LogP contribution in [0.2, 0.25) is 0 Å². The lowest BCUT2D eigenvalue weighted by atomic mass is 10.0. The number of amides is 1. The molecule has 0 bridgehead atoms. The summed E-state index contributed by atoms with van der Waals surface area (Å²) in [5.74, 6) is 0.444. The van der Waals surface area contributed by atoms with Crippen molar-refractivity contribution in [2.45, 2.75) is 24.9 Å². The lowest BCUT2D eigenvalue weighted by Gasteiger charge is -2.22. The molecule has 1 aliphatic heterocycles. The van der Waals surface area contributed by atoms with Crippen LogP contribution in [0.25, 0.3) is 10.9 Å². The fourth-order valence-electron chi connectivity index (χ4n) is 3.11. The molecule has 1 aliphatic carbocycles. The van der Waals surface area contributed by atoms with Crippen LogP contribution in [0.5, 0.6) is 0 Å². The van der Waals surface area contributed by atoms with Crippen LogP contribution in [0.1, 0.15) is 34.8 Å². The van der Waals surface area contributed by atoms with Crippen molar-refractivity contribution < 1.29 is 14.6 Å². The SMILES string of the molecule is O=C(c1cc(C2CC2)nc2ccccc12)N1CCOCC(O)C1. The van der Waals surface area contributed by atoms with Crippen LogP contribution in [0.15, 0.2) is 30.3 Å². The van der Waals surface area contributed by atoms with Gasteiger partial charge < -0.3 is 14.7 Å². The summed E-state index contributed by atoms with van der Waals surface area (Å²) in [6.45, 7) is 1.56. The summed E-state index contributed by atoms with van der Waals surface area (Å²) in [6.07, 6.45) is 1.67. The van der Waals surface area contributed by atoms with Crippen LogP contribution in [0, 0.1) is 0 Å². The number of rotatable bonds is 2. The zero-order chi connectivity index (χ0) is 15.8. The number of carbonyl (C=O) groups excluding carboxylic acids is 1. The highest BCUT2D eigenvalue weighted by molar-refractivity contribution is 6.06. The third kappa shape index (κ3) is 2.94. The van der Waals surface area contributed by atoms with Gasteiger partial charge in [-0.15, -0.1) is 0 Å². The van der Waals surface area contributed by atoms with Gasteiger partial charge in [-0.25, -0.2) is 0 Å². The van der Waals surface area contributed by atoms with Gasteiger partial charge >= 0.3 is 0 Å². The molecule has 23 heavy (non-hydrogen) atoms. The van der Waals surface area contributed by atoms with E-state index in [0.717, 1.165) is 29.4 Å². The first-order valence-electron chi connectivity index (χ1n) is 8.17. The topological polar surface area (TPSA) is 62.7 Å². The van der Waals surface area contributed by atoms with E-state index in [1.165, 1.54) is 0 Å². The molecule has 1 N–H and O–H groups in total. The molecule has 1 aromatic heterocycles. The number of hydrogen-bond acceptors (Lipinski definition) is 4. The van der Waals surface area contributed by atoms with Gasteiger partial charge in [0.05, 0.1) is 30.4 Å². The fraction of sp³-hybridized carbons (Fsp3) is 0.444. The highest BCUT2D eigenvalue weighted by Crippen LogP contribution is 2.40. The lowest BCUT2D eigenvalue weighted by Crippen LogP contribution is -2.37. The number of fused-ring (bicyclic) bond motifs is 1. The third-order valence-corrected chi connectivity index (χ3v) is 4.50. The van der Waals surface area contributed by atoms with Gasteiger partial charge in [-0.05, 0) is 25.0 Å². The van der Waals surface area contributed by atoms with Gasteiger partial charge in [0.1, 0.15) is 0 Å². The molecule has 1 amide bonds. The fourth-order valence-corrected chi connectivity index (χ4v) is 3.11. The molecule has 1 atom stereocenters. The number of para-hydroxylation sites is 1. The summed E-state index contributed by atoms with van der Waals surface area (Å²) in [6, 6.07) is 9.72. The number of ether oxygens (including phenoxy) is 1. The number of nitrogens with zero attached hydrogens (tertiary/aromatic N) is 2. The van der Waals surface area contributed by atoms with Gasteiger partial charge in [-0.3, -0.25) is 9.78 Å². The van der Waals surface area contributed by atoms with Gasteiger partial charge in [-0.2, -0.15) is 0 Å². The van der Waals surface area contributed by atoms with Crippen LogP contribution in [-0.2, 0) is 4.74 Å². The number of carbonyl (C=O) groups is 1. The maximum Gasteiger partial charge on any atom is 0.254 e. The van der Waals surface area contributed by atoms with Crippen molar-refractivity contribution in [3.05, 3.63) is 41.6 Å². The minimum atomic E-state index is -0.627. The summed E-state index contributed by atoms with van der Waals surface area (Å²) in [4.78, 5) is 19.4. The quantitative estimate of drug-likeness (QED) is 0.920. The predicted molar refractivity (Wildman–Crippen MR) is 86.4 cm³/mol. The number of aromatic nitrogens is 1. The van der Waals surface area contributed by atoms with E-state index in [4.69, 9.17) is 9.72 Å². The molecule has 2 fully saturated rings. The standard InChI is InChI=1S/C18H20N2O3/c21-13-10-20(7-8-23-11-13)18(22)15-9-17(12-5-6-12)19-16-4-2-1-3-14(15)16/h1-4,9,12-13,21H,5-8,10-11H2. The van der Waals surface area contributed by atoms with Crippen molar-refractivity contribution in [1.29, 1.82) is 0 Å². The Morgan fingerprint density at radius 1 is 1.30 bits per heavy atom. The second kappa shape index (κ2) is 5.91. The zero-order valence-electron chi connectivity index (χ0n) is 12.9. The molecular formula is C18H20N2O3. The first-order chi connectivity index (χ1) is 11.2. The number of benzene rings is 1. The van der Waals surface area contributed by atoms with Gasteiger partial charge in [0.15, 0.2) is 0 Å². The molecule has 1 aromatic carbocycles. The summed E-state index contributed by atoms with van der Waals surface area (Å²) in [5.41, 5.74) is 2.57. The highest BCUT2D eigenvalue weighted by Gasteiger charge is 2.29. The number of aliphatic hydroxyl groups is 1. The molecule has 120 valence electrons. The molecule has 0 radical (unpaired) electrons. The van der Waals surface area contributed by atoms with E-state index in [1.54, 1.807) is 4.90 Å². The van der Waals surface area contributed by atoms with E-state index in [2.05, 4.69) is 0 Å². The van der Waals surface area contributed by atoms with Crippen LogP contribution in [0.3, 0.4) is 0 Å². The van der Waals surface area contributed by atoms with Gasteiger partial charge in [0.25, 0.3) is 5.91 Å². The number of hydrogen-bond donors (Lipinski definition) is 1. The van der Waals surface area contributed by atoms with E-state index >= 15 is 0 Å². The van der Waals surface area contributed by atoms with Crippen molar-refractivity contribution >= 4 is 16.8 Å². The van der Waals surface area contributed by atoms with E-state index in [9.17, 15) is 9.90 Å². The highest BCUT2D eigenvalue weighted by atomic mass is 16.5.